The van der Waals surface area contributed by atoms with Crippen molar-refractivity contribution >= 4 is 33.1 Å². The van der Waals surface area contributed by atoms with E-state index in [4.69, 9.17) is 0 Å². The van der Waals surface area contributed by atoms with Crippen LogP contribution in [0.5, 0.6) is 0 Å². The molecule has 0 amide bonds. The molecule has 2 nitrogen and oxygen atoms in total. The molecule has 130 valence electrons. The molecule has 0 fully saturated rings. The summed E-state index contributed by atoms with van der Waals surface area (Å²) >= 11 is 0. The van der Waals surface area contributed by atoms with Gasteiger partial charge in [0.1, 0.15) is 0 Å². The van der Waals surface area contributed by atoms with Crippen LogP contribution in [0, 0.1) is 6.92 Å². The fraction of sp³-hybridized carbons (Fsp3) is 0.0952. The molecule has 4 rings (SSSR count). The van der Waals surface area contributed by atoms with Crippen LogP contribution in [0.15, 0.2) is 66.7 Å². The topological polar surface area (TPSA) is 24.9 Å². The SMILES string of the molecule is Cc1cc(Nc2cccc3ccccc23)c2ccc(C(F)(F)F)cc2n1. The second-order valence-electron chi connectivity index (χ2n) is 6.19. The van der Waals surface area contributed by atoms with Crippen LogP contribution in [0.1, 0.15) is 11.3 Å². The van der Waals surface area contributed by atoms with Crippen molar-refractivity contribution in [2.24, 2.45) is 0 Å². The molecule has 0 atom stereocenters. The van der Waals surface area contributed by atoms with Gasteiger partial charge < -0.3 is 5.32 Å². The minimum absolute atomic E-state index is 0.322. The second-order valence-corrected chi connectivity index (χ2v) is 6.19. The minimum atomic E-state index is -4.39. The van der Waals surface area contributed by atoms with Crippen LogP contribution in [0.3, 0.4) is 0 Å². The van der Waals surface area contributed by atoms with E-state index in [0.717, 1.165) is 34.3 Å². The summed E-state index contributed by atoms with van der Waals surface area (Å²) in [5, 5.41) is 6.15. The Morgan fingerprint density at radius 1 is 0.808 bits per heavy atom. The lowest BCUT2D eigenvalue weighted by Gasteiger charge is -2.14. The van der Waals surface area contributed by atoms with E-state index in [1.54, 1.807) is 6.92 Å². The first-order valence-electron chi connectivity index (χ1n) is 8.15. The number of benzene rings is 3. The molecule has 0 saturated heterocycles. The molecule has 0 aliphatic heterocycles. The highest BCUT2D eigenvalue weighted by molar-refractivity contribution is 5.99. The van der Waals surface area contributed by atoms with E-state index >= 15 is 0 Å². The number of anilines is 2. The first-order valence-corrected chi connectivity index (χ1v) is 8.15. The van der Waals surface area contributed by atoms with Gasteiger partial charge in [0, 0.05) is 27.8 Å². The van der Waals surface area contributed by atoms with E-state index in [0.29, 0.717) is 16.6 Å². The molecule has 1 N–H and O–H groups in total. The molecule has 3 aromatic carbocycles. The zero-order valence-corrected chi connectivity index (χ0v) is 13.9. The highest BCUT2D eigenvalue weighted by Gasteiger charge is 2.30. The third-order valence-corrected chi connectivity index (χ3v) is 4.32. The Bertz CT molecular complexity index is 1110. The summed E-state index contributed by atoms with van der Waals surface area (Å²) in [7, 11) is 0. The Hall–Kier alpha value is -3.08. The van der Waals surface area contributed by atoms with Gasteiger partial charge in [0.2, 0.25) is 0 Å². The molecule has 0 aliphatic carbocycles. The van der Waals surface area contributed by atoms with Crippen molar-refractivity contribution in [2.75, 3.05) is 5.32 Å². The third kappa shape index (κ3) is 2.96. The number of hydrogen-bond donors (Lipinski definition) is 1. The maximum atomic E-state index is 13.0. The number of rotatable bonds is 2. The molecule has 0 spiro atoms. The van der Waals surface area contributed by atoms with Crippen molar-refractivity contribution in [3.63, 3.8) is 0 Å². The molecule has 4 aromatic rings. The van der Waals surface area contributed by atoms with E-state index < -0.39 is 11.7 Å². The van der Waals surface area contributed by atoms with E-state index in [9.17, 15) is 13.2 Å². The zero-order chi connectivity index (χ0) is 18.3. The Morgan fingerprint density at radius 2 is 1.58 bits per heavy atom. The zero-order valence-electron chi connectivity index (χ0n) is 13.9. The monoisotopic (exact) mass is 352 g/mol. The fourth-order valence-corrected chi connectivity index (χ4v) is 3.12. The number of halogens is 3. The van der Waals surface area contributed by atoms with Gasteiger partial charge in [0.05, 0.1) is 11.1 Å². The molecular weight excluding hydrogens is 337 g/mol. The van der Waals surface area contributed by atoms with Crippen molar-refractivity contribution in [1.82, 2.24) is 4.98 Å². The van der Waals surface area contributed by atoms with Gasteiger partial charge in [0.15, 0.2) is 0 Å². The van der Waals surface area contributed by atoms with E-state index in [2.05, 4.69) is 10.3 Å². The maximum Gasteiger partial charge on any atom is 0.416 e. The van der Waals surface area contributed by atoms with Gasteiger partial charge in [-0.2, -0.15) is 13.2 Å². The smallest absolute Gasteiger partial charge is 0.354 e. The number of aromatic nitrogens is 1. The summed E-state index contributed by atoms with van der Waals surface area (Å²) in [6, 6.07) is 19.4. The van der Waals surface area contributed by atoms with Crippen molar-refractivity contribution in [3.05, 3.63) is 78.0 Å². The van der Waals surface area contributed by atoms with Crippen LogP contribution in [-0.2, 0) is 6.18 Å². The van der Waals surface area contributed by atoms with Crippen molar-refractivity contribution in [3.8, 4) is 0 Å². The van der Waals surface area contributed by atoms with Crippen LogP contribution in [-0.4, -0.2) is 4.98 Å². The van der Waals surface area contributed by atoms with Crippen molar-refractivity contribution < 1.29 is 13.2 Å². The Labute approximate surface area is 148 Å². The summed E-state index contributed by atoms with van der Waals surface area (Å²) in [6.07, 6.45) is -4.39. The minimum Gasteiger partial charge on any atom is -0.354 e. The number of nitrogens with zero attached hydrogens (tertiary/aromatic N) is 1. The van der Waals surface area contributed by atoms with Gasteiger partial charge in [-0.3, -0.25) is 4.98 Å². The Kier molecular flexibility index (Phi) is 3.80. The first kappa shape index (κ1) is 16.4. The molecule has 26 heavy (non-hydrogen) atoms. The average molecular weight is 352 g/mol. The fourth-order valence-electron chi connectivity index (χ4n) is 3.12. The standard InChI is InChI=1S/C21H15F3N2/c1-13-11-19(17-10-9-15(21(22,23)24)12-20(17)25-13)26-18-8-4-6-14-5-2-3-7-16(14)18/h2-12H,1H3,(H,25,26). The number of alkyl halides is 3. The summed E-state index contributed by atoms with van der Waals surface area (Å²) < 4.78 is 39.0. The number of nitrogens with one attached hydrogen (secondary N) is 1. The molecule has 0 radical (unpaired) electrons. The van der Waals surface area contributed by atoms with E-state index in [1.807, 2.05) is 48.5 Å². The number of pyridine rings is 1. The summed E-state index contributed by atoms with van der Waals surface area (Å²) in [4.78, 5) is 4.27. The van der Waals surface area contributed by atoms with Crippen LogP contribution in [0.4, 0.5) is 24.5 Å². The van der Waals surface area contributed by atoms with Crippen LogP contribution < -0.4 is 5.32 Å². The lowest BCUT2D eigenvalue weighted by atomic mass is 10.1. The quantitative estimate of drug-likeness (QED) is 0.448. The highest BCUT2D eigenvalue weighted by Crippen LogP contribution is 2.35. The predicted molar refractivity (Wildman–Crippen MR) is 98.7 cm³/mol. The molecular formula is C21H15F3N2. The van der Waals surface area contributed by atoms with Crippen molar-refractivity contribution in [2.45, 2.75) is 13.1 Å². The molecule has 0 aliphatic rings. The first-order chi connectivity index (χ1) is 12.4. The number of aryl methyl sites for hydroxylation is 1. The normalized spacial score (nSPS) is 11.8. The highest BCUT2D eigenvalue weighted by atomic mass is 19.4. The van der Waals surface area contributed by atoms with Gasteiger partial charge in [-0.05, 0) is 36.6 Å². The lowest BCUT2D eigenvalue weighted by Crippen LogP contribution is -2.05. The maximum absolute atomic E-state index is 13.0. The average Bonchev–Trinajstić information content (AvgIpc) is 2.60. The largest absolute Gasteiger partial charge is 0.416 e. The van der Waals surface area contributed by atoms with Gasteiger partial charge >= 0.3 is 6.18 Å². The second kappa shape index (κ2) is 6.02. The van der Waals surface area contributed by atoms with Gasteiger partial charge in [-0.25, -0.2) is 0 Å². The predicted octanol–water partition coefficient (Wildman–Crippen LogP) is 6.46. The van der Waals surface area contributed by atoms with Gasteiger partial charge in [-0.1, -0.05) is 42.5 Å². The van der Waals surface area contributed by atoms with Crippen molar-refractivity contribution in [1.29, 1.82) is 0 Å². The van der Waals surface area contributed by atoms with Gasteiger partial charge in [-0.15, -0.1) is 0 Å². The summed E-state index contributed by atoms with van der Waals surface area (Å²) in [5.41, 5.74) is 1.91. The molecule has 0 bridgehead atoms. The lowest BCUT2D eigenvalue weighted by molar-refractivity contribution is -0.137. The molecule has 1 aromatic heterocycles. The molecule has 0 saturated carbocycles. The Morgan fingerprint density at radius 3 is 2.38 bits per heavy atom. The van der Waals surface area contributed by atoms with Gasteiger partial charge in [0.25, 0.3) is 0 Å². The molecule has 1 heterocycles. The number of hydrogen-bond acceptors (Lipinski definition) is 2. The molecule has 0 unspecified atom stereocenters. The number of fused-ring (bicyclic) bond motifs is 2. The third-order valence-electron chi connectivity index (χ3n) is 4.32. The van der Waals surface area contributed by atoms with Crippen LogP contribution >= 0.6 is 0 Å². The van der Waals surface area contributed by atoms with Crippen LogP contribution in [0.2, 0.25) is 0 Å². The van der Waals surface area contributed by atoms with Crippen LogP contribution in [0.25, 0.3) is 21.7 Å². The molecule has 5 heteroatoms. The van der Waals surface area contributed by atoms with E-state index in [-0.39, 0.29) is 0 Å². The summed E-state index contributed by atoms with van der Waals surface area (Å²) in [6.45, 7) is 1.77. The van der Waals surface area contributed by atoms with E-state index in [1.165, 1.54) is 6.07 Å². The Balaban J connectivity index is 1.86. The summed E-state index contributed by atoms with van der Waals surface area (Å²) in [5.74, 6) is 0.